The molecule has 0 unspecified atom stereocenters. The number of nitrogens with one attached hydrogen (secondary N) is 1. The Morgan fingerprint density at radius 2 is 1.55 bits per heavy atom. The second-order valence-corrected chi connectivity index (χ2v) is 8.75. The van der Waals surface area contributed by atoms with Crippen molar-refractivity contribution in [1.82, 2.24) is 14.5 Å². The molecule has 2 aromatic heterocycles. The molecule has 0 aliphatic carbocycles. The maximum Gasteiger partial charge on any atom is 0.420 e. The Balaban J connectivity index is 2.08. The molecule has 0 atom stereocenters. The fraction of sp³-hybridized carbons (Fsp3) is 0.235. The van der Waals surface area contributed by atoms with Gasteiger partial charge in [-0.05, 0) is 26.8 Å². The maximum atomic E-state index is 13.9. The molecule has 166 valence electrons. The molecule has 14 heteroatoms. The molecule has 3 rings (SSSR count). The molecule has 0 saturated carbocycles. The van der Waals surface area contributed by atoms with Gasteiger partial charge in [-0.15, -0.1) is 0 Å². The van der Waals surface area contributed by atoms with E-state index in [0.29, 0.717) is 0 Å². The van der Waals surface area contributed by atoms with Crippen LogP contribution in [0.1, 0.15) is 20.8 Å². The van der Waals surface area contributed by atoms with Crippen molar-refractivity contribution >= 4 is 33.0 Å². The minimum Gasteiger partial charge on any atom is -0.443 e. The van der Waals surface area contributed by atoms with Crippen LogP contribution in [0.3, 0.4) is 0 Å². The second kappa shape index (κ2) is 7.44. The van der Waals surface area contributed by atoms with Gasteiger partial charge in [-0.3, -0.25) is 4.72 Å². The van der Waals surface area contributed by atoms with E-state index in [-0.39, 0.29) is 11.0 Å². The van der Waals surface area contributed by atoms with E-state index in [1.807, 2.05) is 0 Å². The third-order valence-corrected chi connectivity index (χ3v) is 5.10. The van der Waals surface area contributed by atoms with E-state index in [2.05, 4.69) is 9.97 Å². The van der Waals surface area contributed by atoms with E-state index in [9.17, 15) is 35.2 Å². The molecule has 3 aromatic rings. The molecular formula is C17H13F5N4O4S. The zero-order chi connectivity index (χ0) is 23.3. The van der Waals surface area contributed by atoms with Gasteiger partial charge in [-0.25, -0.2) is 49.7 Å². The van der Waals surface area contributed by atoms with Crippen molar-refractivity contribution < 1.29 is 39.9 Å². The summed E-state index contributed by atoms with van der Waals surface area (Å²) in [7, 11) is -5.33. The van der Waals surface area contributed by atoms with Crippen LogP contribution in [0.4, 0.5) is 32.6 Å². The summed E-state index contributed by atoms with van der Waals surface area (Å²) in [6.45, 7) is 4.82. The van der Waals surface area contributed by atoms with Gasteiger partial charge in [0, 0.05) is 6.20 Å². The molecule has 2 heterocycles. The van der Waals surface area contributed by atoms with Crippen molar-refractivity contribution in [1.29, 1.82) is 0 Å². The van der Waals surface area contributed by atoms with Crippen LogP contribution in [0.5, 0.6) is 0 Å². The molecular weight excluding hydrogens is 451 g/mol. The van der Waals surface area contributed by atoms with E-state index in [1.165, 1.54) is 12.3 Å². The number of sulfonamides is 1. The van der Waals surface area contributed by atoms with Crippen molar-refractivity contribution in [3.63, 3.8) is 0 Å². The highest BCUT2D eigenvalue weighted by atomic mass is 32.2. The number of nitrogens with zero attached hydrogens (tertiary/aromatic N) is 3. The van der Waals surface area contributed by atoms with Crippen molar-refractivity contribution in [2.24, 2.45) is 0 Å². The average Bonchev–Trinajstić information content (AvgIpc) is 3.08. The number of carbonyl (C=O) groups excluding carboxylic acids is 1. The SMILES string of the molecule is CC(C)(C)OC(=O)n1ccc2c(NS(=O)(=O)c3c(F)c(F)c(F)c(F)c3F)ncnc21. The molecule has 31 heavy (non-hydrogen) atoms. The molecule has 0 fully saturated rings. The molecule has 1 aromatic carbocycles. The molecule has 0 spiro atoms. The number of fused-ring (bicyclic) bond motifs is 1. The fourth-order valence-corrected chi connectivity index (χ4v) is 3.66. The van der Waals surface area contributed by atoms with Crippen LogP contribution >= 0.6 is 0 Å². The Labute approximate surface area is 171 Å². The number of ether oxygens (including phenoxy) is 1. The third kappa shape index (κ3) is 4.02. The molecule has 0 aliphatic heterocycles. The number of rotatable bonds is 3. The first-order valence-electron chi connectivity index (χ1n) is 8.34. The summed E-state index contributed by atoms with van der Waals surface area (Å²) < 4.78 is 101. The smallest absolute Gasteiger partial charge is 0.420 e. The van der Waals surface area contributed by atoms with Crippen molar-refractivity contribution in [2.75, 3.05) is 4.72 Å². The van der Waals surface area contributed by atoms with Crippen LogP contribution in [-0.4, -0.2) is 34.6 Å². The summed E-state index contributed by atoms with van der Waals surface area (Å²) in [5.74, 6) is -13.0. The van der Waals surface area contributed by atoms with Gasteiger partial charge in [0.1, 0.15) is 11.9 Å². The third-order valence-electron chi connectivity index (χ3n) is 3.74. The Hall–Kier alpha value is -3.29. The van der Waals surface area contributed by atoms with Gasteiger partial charge in [0.05, 0.1) is 5.39 Å². The molecule has 0 saturated heterocycles. The predicted molar refractivity (Wildman–Crippen MR) is 96.2 cm³/mol. The molecule has 0 amide bonds. The number of anilines is 1. The summed E-state index contributed by atoms with van der Waals surface area (Å²) in [6, 6.07) is 1.19. The molecule has 0 bridgehead atoms. The van der Waals surface area contributed by atoms with E-state index in [0.717, 1.165) is 10.9 Å². The van der Waals surface area contributed by atoms with Crippen LogP contribution in [0.15, 0.2) is 23.5 Å². The second-order valence-electron chi connectivity index (χ2n) is 7.13. The Kier molecular flexibility index (Phi) is 5.38. The lowest BCUT2D eigenvalue weighted by atomic mass is 10.2. The van der Waals surface area contributed by atoms with Crippen LogP contribution in [-0.2, 0) is 14.8 Å². The molecule has 0 radical (unpaired) electrons. The van der Waals surface area contributed by atoms with Gasteiger partial charge in [0.2, 0.25) is 5.82 Å². The summed E-state index contributed by atoms with van der Waals surface area (Å²) in [5, 5.41) is -0.110. The first-order chi connectivity index (χ1) is 14.2. The first kappa shape index (κ1) is 22.4. The summed E-state index contributed by atoms with van der Waals surface area (Å²) in [6.07, 6.45) is 1.12. The number of hydrogen-bond donors (Lipinski definition) is 1. The summed E-state index contributed by atoms with van der Waals surface area (Å²) >= 11 is 0. The normalized spacial score (nSPS) is 12.3. The van der Waals surface area contributed by atoms with Gasteiger partial charge < -0.3 is 4.74 Å². The minimum absolute atomic E-state index is 0.110. The highest BCUT2D eigenvalue weighted by Crippen LogP contribution is 2.29. The first-order valence-corrected chi connectivity index (χ1v) is 9.82. The zero-order valence-corrected chi connectivity index (χ0v) is 16.8. The summed E-state index contributed by atoms with van der Waals surface area (Å²) in [5.41, 5.74) is -1.00. The van der Waals surface area contributed by atoms with E-state index < -0.39 is 61.5 Å². The minimum atomic E-state index is -5.33. The highest BCUT2D eigenvalue weighted by molar-refractivity contribution is 7.92. The van der Waals surface area contributed by atoms with Crippen molar-refractivity contribution in [3.8, 4) is 0 Å². The van der Waals surface area contributed by atoms with Gasteiger partial charge >= 0.3 is 6.09 Å². The Morgan fingerprint density at radius 3 is 2.10 bits per heavy atom. The van der Waals surface area contributed by atoms with Crippen LogP contribution in [0, 0.1) is 29.1 Å². The molecule has 1 N–H and O–H groups in total. The molecule has 0 aliphatic rings. The number of carbonyl (C=O) groups is 1. The fourth-order valence-electron chi connectivity index (χ4n) is 2.49. The van der Waals surface area contributed by atoms with Crippen molar-refractivity contribution in [2.45, 2.75) is 31.3 Å². The van der Waals surface area contributed by atoms with Crippen LogP contribution < -0.4 is 4.72 Å². The van der Waals surface area contributed by atoms with Gasteiger partial charge in [-0.2, -0.15) is 0 Å². The van der Waals surface area contributed by atoms with Crippen molar-refractivity contribution in [3.05, 3.63) is 47.7 Å². The standard InChI is InChI=1S/C17H13F5N4O4S/c1-17(2,3)30-16(27)26-5-4-7-14(23-6-24-15(7)26)25-31(28,29)13-11(21)9(19)8(18)10(20)12(13)22/h4-6H,1-3H3,(H,23,24,25). The van der Waals surface area contributed by atoms with Gasteiger partial charge in [-0.1, -0.05) is 0 Å². The number of hydrogen-bond acceptors (Lipinski definition) is 6. The number of benzene rings is 1. The highest BCUT2D eigenvalue weighted by Gasteiger charge is 2.34. The topological polar surface area (TPSA) is 103 Å². The lowest BCUT2D eigenvalue weighted by Crippen LogP contribution is -2.27. The quantitative estimate of drug-likeness (QED) is 0.360. The average molecular weight is 464 g/mol. The van der Waals surface area contributed by atoms with Gasteiger partial charge in [0.25, 0.3) is 10.0 Å². The van der Waals surface area contributed by atoms with Crippen LogP contribution in [0.2, 0.25) is 0 Å². The number of aromatic nitrogens is 3. The van der Waals surface area contributed by atoms with Crippen LogP contribution in [0.25, 0.3) is 11.0 Å². The maximum absolute atomic E-state index is 13.9. The largest absolute Gasteiger partial charge is 0.443 e. The molecule has 8 nitrogen and oxygen atoms in total. The van der Waals surface area contributed by atoms with Gasteiger partial charge in [0.15, 0.2) is 39.6 Å². The lowest BCUT2D eigenvalue weighted by molar-refractivity contribution is 0.0543. The predicted octanol–water partition coefficient (Wildman–Crippen LogP) is 3.71. The van der Waals surface area contributed by atoms with E-state index in [1.54, 1.807) is 25.5 Å². The monoisotopic (exact) mass is 464 g/mol. The zero-order valence-electron chi connectivity index (χ0n) is 16.0. The van der Waals surface area contributed by atoms with E-state index in [4.69, 9.17) is 4.74 Å². The summed E-state index contributed by atoms with van der Waals surface area (Å²) in [4.78, 5) is 17.6. The number of halogens is 5. The lowest BCUT2D eigenvalue weighted by Gasteiger charge is -2.19. The Morgan fingerprint density at radius 1 is 1.00 bits per heavy atom. The Bertz CT molecular complexity index is 1290. The van der Waals surface area contributed by atoms with E-state index >= 15 is 0 Å².